The van der Waals surface area contributed by atoms with E-state index in [1.807, 2.05) is 67.2 Å². The second kappa shape index (κ2) is 16.7. The van der Waals surface area contributed by atoms with E-state index in [-0.39, 0.29) is 17.9 Å². The van der Waals surface area contributed by atoms with Gasteiger partial charge in [-0.2, -0.15) is 0 Å². The van der Waals surface area contributed by atoms with Gasteiger partial charge < -0.3 is 25.4 Å². The Hall–Kier alpha value is -4.01. The lowest BCUT2D eigenvalue weighted by molar-refractivity contribution is -0.123. The van der Waals surface area contributed by atoms with Crippen molar-refractivity contribution in [3.63, 3.8) is 0 Å². The van der Waals surface area contributed by atoms with Crippen LogP contribution in [0.15, 0.2) is 79.1 Å². The molecular weight excluding hydrogens is 548 g/mol. The van der Waals surface area contributed by atoms with Crippen LogP contribution in [0.2, 0.25) is 0 Å². The van der Waals surface area contributed by atoms with E-state index in [0.717, 1.165) is 66.6 Å². The van der Waals surface area contributed by atoms with E-state index < -0.39 is 6.04 Å². The van der Waals surface area contributed by atoms with Crippen molar-refractivity contribution >= 4 is 22.6 Å². The SMILES string of the molecule is CCCN(CCC)CCCC(NC(=O)c1ccc(CNCc2nccn2C)cc1)C(=O)N[C@@H](C)c1cccc2ccccc12. The molecule has 1 unspecified atom stereocenters. The van der Waals surface area contributed by atoms with Gasteiger partial charge in [-0.15, -0.1) is 0 Å². The van der Waals surface area contributed by atoms with E-state index in [1.54, 1.807) is 6.20 Å². The van der Waals surface area contributed by atoms with Crippen molar-refractivity contribution in [2.75, 3.05) is 19.6 Å². The second-order valence-corrected chi connectivity index (χ2v) is 11.6. The number of hydrogen-bond acceptors (Lipinski definition) is 5. The van der Waals surface area contributed by atoms with Crippen molar-refractivity contribution in [2.24, 2.45) is 7.05 Å². The van der Waals surface area contributed by atoms with Crippen LogP contribution in [0.5, 0.6) is 0 Å². The number of amides is 2. The Balaban J connectivity index is 1.41. The number of nitrogens with one attached hydrogen (secondary N) is 3. The molecule has 2 amide bonds. The van der Waals surface area contributed by atoms with Crippen molar-refractivity contribution in [1.29, 1.82) is 0 Å². The number of fused-ring (bicyclic) bond motifs is 1. The second-order valence-electron chi connectivity index (χ2n) is 11.6. The topological polar surface area (TPSA) is 91.3 Å². The maximum atomic E-state index is 13.7. The number of rotatable bonds is 17. The third kappa shape index (κ3) is 9.24. The number of carbonyl (C=O) groups is 2. The maximum absolute atomic E-state index is 13.7. The molecule has 4 aromatic rings. The van der Waals surface area contributed by atoms with Crippen LogP contribution in [-0.4, -0.2) is 51.9 Å². The Labute approximate surface area is 262 Å². The molecule has 8 nitrogen and oxygen atoms in total. The lowest BCUT2D eigenvalue weighted by atomic mass is 9.99. The molecule has 3 N–H and O–H groups in total. The van der Waals surface area contributed by atoms with Crippen molar-refractivity contribution < 1.29 is 9.59 Å². The first-order valence-electron chi connectivity index (χ1n) is 16.0. The molecule has 0 saturated carbocycles. The van der Waals surface area contributed by atoms with Gasteiger partial charge in [0, 0.05) is 31.5 Å². The van der Waals surface area contributed by atoms with Crippen molar-refractivity contribution in [2.45, 2.75) is 71.6 Å². The molecule has 0 aliphatic heterocycles. The fourth-order valence-corrected chi connectivity index (χ4v) is 5.68. The molecule has 234 valence electrons. The standard InChI is InChI=1S/C36H48N6O2/c1-5-21-42(22-6-2)23-10-15-33(36(44)39-27(3)31-14-9-12-29-11-7-8-13-32(29)31)40-35(43)30-18-16-28(17-19-30)25-37-26-34-38-20-24-41(34)4/h7-9,11-14,16-20,24,27,33,37H,5-6,10,15,21-23,25-26H2,1-4H3,(H,39,44)(H,40,43)/t27-,33?/m0/s1. The van der Waals surface area contributed by atoms with Gasteiger partial charge >= 0.3 is 0 Å². The Bertz CT molecular complexity index is 1470. The van der Waals surface area contributed by atoms with Gasteiger partial charge in [0.15, 0.2) is 0 Å². The molecule has 44 heavy (non-hydrogen) atoms. The molecule has 1 aromatic heterocycles. The summed E-state index contributed by atoms with van der Waals surface area (Å²) in [6.07, 6.45) is 7.29. The molecule has 4 rings (SSSR count). The summed E-state index contributed by atoms with van der Waals surface area (Å²) in [4.78, 5) is 33.9. The predicted molar refractivity (Wildman–Crippen MR) is 178 cm³/mol. The lowest BCUT2D eigenvalue weighted by Crippen LogP contribution is -2.47. The number of aryl methyl sites for hydroxylation is 1. The average molecular weight is 597 g/mol. The van der Waals surface area contributed by atoms with Crippen LogP contribution in [-0.2, 0) is 24.9 Å². The van der Waals surface area contributed by atoms with Crippen LogP contribution in [0, 0.1) is 0 Å². The first kappa shape index (κ1) is 32.9. The summed E-state index contributed by atoms with van der Waals surface area (Å²) in [6, 6.07) is 21.1. The summed E-state index contributed by atoms with van der Waals surface area (Å²) < 4.78 is 1.99. The third-order valence-corrected chi connectivity index (χ3v) is 8.07. The monoisotopic (exact) mass is 596 g/mol. The van der Waals surface area contributed by atoms with Crippen LogP contribution in [0.1, 0.15) is 79.8 Å². The third-order valence-electron chi connectivity index (χ3n) is 8.07. The van der Waals surface area contributed by atoms with Gasteiger partial charge in [0.05, 0.1) is 12.6 Å². The number of benzene rings is 3. The van der Waals surface area contributed by atoms with E-state index in [1.165, 1.54) is 0 Å². The average Bonchev–Trinajstić information content (AvgIpc) is 3.44. The number of carbonyl (C=O) groups excluding carboxylic acids is 2. The Kier molecular flexibility index (Phi) is 12.5. The van der Waals surface area contributed by atoms with E-state index in [0.29, 0.717) is 25.1 Å². The molecular formula is C36H48N6O2. The summed E-state index contributed by atoms with van der Waals surface area (Å²) in [6.45, 7) is 10.7. The zero-order chi connectivity index (χ0) is 31.3. The summed E-state index contributed by atoms with van der Waals surface area (Å²) in [5.74, 6) is 0.563. The van der Waals surface area contributed by atoms with Crippen LogP contribution in [0.3, 0.4) is 0 Å². The summed E-state index contributed by atoms with van der Waals surface area (Å²) in [5, 5.41) is 11.9. The minimum atomic E-state index is -0.635. The van der Waals surface area contributed by atoms with E-state index >= 15 is 0 Å². The van der Waals surface area contributed by atoms with E-state index in [2.05, 4.69) is 63.9 Å². The highest BCUT2D eigenvalue weighted by atomic mass is 16.2. The fourth-order valence-electron chi connectivity index (χ4n) is 5.68. The van der Waals surface area contributed by atoms with Crippen molar-refractivity contribution in [3.8, 4) is 0 Å². The van der Waals surface area contributed by atoms with Gasteiger partial charge in [-0.05, 0) is 86.3 Å². The molecule has 0 aliphatic rings. The Morgan fingerprint density at radius 1 is 0.886 bits per heavy atom. The Morgan fingerprint density at radius 2 is 1.61 bits per heavy atom. The van der Waals surface area contributed by atoms with Gasteiger partial charge in [-0.25, -0.2) is 4.98 Å². The van der Waals surface area contributed by atoms with Gasteiger partial charge in [0.25, 0.3) is 5.91 Å². The minimum Gasteiger partial charge on any atom is -0.348 e. The summed E-state index contributed by atoms with van der Waals surface area (Å²) in [5.41, 5.74) is 2.67. The van der Waals surface area contributed by atoms with E-state index in [9.17, 15) is 9.59 Å². The highest BCUT2D eigenvalue weighted by Crippen LogP contribution is 2.24. The molecule has 0 saturated heterocycles. The molecule has 2 atom stereocenters. The minimum absolute atomic E-state index is 0.161. The van der Waals surface area contributed by atoms with Gasteiger partial charge in [-0.3, -0.25) is 9.59 Å². The molecule has 0 radical (unpaired) electrons. The van der Waals surface area contributed by atoms with Gasteiger partial charge in [0.1, 0.15) is 11.9 Å². The molecule has 0 bridgehead atoms. The molecule has 1 heterocycles. The molecule has 3 aromatic carbocycles. The van der Waals surface area contributed by atoms with E-state index in [4.69, 9.17) is 0 Å². The molecule has 0 fully saturated rings. The van der Waals surface area contributed by atoms with Gasteiger partial charge in [-0.1, -0.05) is 68.4 Å². The number of nitrogens with zero attached hydrogens (tertiary/aromatic N) is 3. The van der Waals surface area contributed by atoms with Crippen LogP contribution < -0.4 is 16.0 Å². The normalized spacial score (nSPS) is 12.8. The van der Waals surface area contributed by atoms with Crippen LogP contribution in [0.25, 0.3) is 10.8 Å². The first-order chi connectivity index (χ1) is 21.4. The summed E-state index contributed by atoms with van der Waals surface area (Å²) in [7, 11) is 1.97. The fraction of sp³-hybridized carbons (Fsp3) is 0.417. The Morgan fingerprint density at radius 3 is 2.32 bits per heavy atom. The zero-order valence-corrected chi connectivity index (χ0v) is 26.7. The van der Waals surface area contributed by atoms with Crippen molar-refractivity contribution in [3.05, 3.63) is 102 Å². The molecule has 0 spiro atoms. The smallest absolute Gasteiger partial charge is 0.251 e. The summed E-state index contributed by atoms with van der Waals surface area (Å²) >= 11 is 0. The highest BCUT2D eigenvalue weighted by Gasteiger charge is 2.24. The maximum Gasteiger partial charge on any atom is 0.251 e. The zero-order valence-electron chi connectivity index (χ0n) is 26.7. The quantitative estimate of drug-likeness (QED) is 0.145. The van der Waals surface area contributed by atoms with Crippen molar-refractivity contribution in [1.82, 2.24) is 30.4 Å². The largest absolute Gasteiger partial charge is 0.348 e. The van der Waals surface area contributed by atoms with Crippen LogP contribution >= 0.6 is 0 Å². The predicted octanol–water partition coefficient (Wildman–Crippen LogP) is 5.74. The first-order valence-corrected chi connectivity index (χ1v) is 16.0. The number of imidazole rings is 1. The molecule has 0 aliphatic carbocycles. The van der Waals surface area contributed by atoms with Crippen LogP contribution in [0.4, 0.5) is 0 Å². The number of hydrogen-bond donors (Lipinski definition) is 3. The number of aromatic nitrogens is 2. The lowest BCUT2D eigenvalue weighted by Gasteiger charge is -2.25. The highest BCUT2D eigenvalue weighted by molar-refractivity contribution is 5.97. The van der Waals surface area contributed by atoms with Gasteiger partial charge in [0.2, 0.25) is 5.91 Å². The molecule has 8 heteroatoms.